The number of nitrogens with zero attached hydrogens (tertiary/aromatic N) is 5. The molecule has 0 atom stereocenters. The summed E-state index contributed by atoms with van der Waals surface area (Å²) in [6.07, 6.45) is 3.34. The van der Waals surface area contributed by atoms with Crippen LogP contribution < -0.4 is 5.73 Å². The fourth-order valence-electron chi connectivity index (χ4n) is 2.31. The molecule has 7 nitrogen and oxygen atoms in total. The molecule has 7 heteroatoms. The molecule has 0 aliphatic heterocycles. The summed E-state index contributed by atoms with van der Waals surface area (Å²) in [5.74, 6) is 0.440. The summed E-state index contributed by atoms with van der Waals surface area (Å²) in [6.45, 7) is 2.39. The fraction of sp³-hybridized carbons (Fsp3) is 0.176. The van der Waals surface area contributed by atoms with E-state index < -0.39 is 0 Å². The van der Waals surface area contributed by atoms with Crippen molar-refractivity contribution < 1.29 is 5.11 Å². The largest absolute Gasteiger partial charge is 0.392 e. The zero-order chi connectivity index (χ0) is 16.9. The van der Waals surface area contributed by atoms with Gasteiger partial charge in [-0.05, 0) is 30.7 Å². The number of aliphatic hydroxyl groups excluding tert-OH is 1. The van der Waals surface area contributed by atoms with Crippen molar-refractivity contribution in [3.63, 3.8) is 0 Å². The highest BCUT2D eigenvalue weighted by molar-refractivity contribution is 5.57. The highest BCUT2D eigenvalue weighted by atomic mass is 16.3. The van der Waals surface area contributed by atoms with Crippen LogP contribution in [-0.2, 0) is 13.2 Å². The maximum atomic E-state index is 9.31. The van der Waals surface area contributed by atoms with Gasteiger partial charge in [0.05, 0.1) is 25.0 Å². The minimum Gasteiger partial charge on any atom is -0.392 e. The van der Waals surface area contributed by atoms with E-state index in [1.54, 1.807) is 29.2 Å². The Balaban J connectivity index is 1.81. The van der Waals surface area contributed by atoms with E-state index in [1.807, 2.05) is 31.2 Å². The van der Waals surface area contributed by atoms with Gasteiger partial charge in [0.2, 0.25) is 0 Å². The minimum atomic E-state index is -0.0919. The molecule has 0 bridgehead atoms. The first-order chi connectivity index (χ1) is 11.7. The van der Waals surface area contributed by atoms with Gasteiger partial charge in [0.25, 0.3) is 0 Å². The number of nitrogen functional groups attached to an aromatic ring is 1. The Hall–Kier alpha value is -3.06. The Kier molecular flexibility index (Phi) is 4.62. The van der Waals surface area contributed by atoms with Crippen molar-refractivity contribution in [2.75, 3.05) is 5.73 Å². The molecule has 0 radical (unpaired) electrons. The van der Waals surface area contributed by atoms with E-state index in [-0.39, 0.29) is 6.61 Å². The number of anilines is 1. The molecule has 3 rings (SSSR count). The number of pyridine rings is 1. The lowest BCUT2D eigenvalue weighted by atomic mass is 10.2. The maximum Gasteiger partial charge on any atom is 0.150 e. The van der Waals surface area contributed by atoms with Gasteiger partial charge in [-0.1, -0.05) is 18.2 Å². The number of rotatable bonds is 5. The number of aliphatic hydroxyl groups is 1. The van der Waals surface area contributed by atoms with Crippen LogP contribution in [0, 0.1) is 6.92 Å². The van der Waals surface area contributed by atoms with Crippen LogP contribution in [-0.4, -0.2) is 19.9 Å². The van der Waals surface area contributed by atoms with Crippen molar-refractivity contribution in [1.82, 2.24) is 14.8 Å². The predicted octanol–water partition coefficient (Wildman–Crippen LogP) is 3.12. The molecule has 3 N–H and O–H groups in total. The van der Waals surface area contributed by atoms with Crippen LogP contribution in [0.15, 0.2) is 59.0 Å². The Morgan fingerprint density at radius 2 is 1.96 bits per heavy atom. The fourth-order valence-corrected chi connectivity index (χ4v) is 2.31. The normalized spacial score (nSPS) is 11.2. The first-order valence-corrected chi connectivity index (χ1v) is 7.50. The molecule has 0 aliphatic rings. The first kappa shape index (κ1) is 15.8. The molecule has 0 unspecified atom stereocenters. The Labute approximate surface area is 139 Å². The van der Waals surface area contributed by atoms with Gasteiger partial charge >= 0.3 is 0 Å². The van der Waals surface area contributed by atoms with Crippen molar-refractivity contribution in [2.45, 2.75) is 20.1 Å². The number of aryl methyl sites for hydroxylation is 1. The molecule has 2 aromatic heterocycles. The standard InChI is InChI=1S/C17H18N6O/c1-12-8-13(6-7-19-12)10-23-17(18)16(9-20-23)22-21-15-5-3-2-4-14(15)11-24/h2-9,24H,10-11,18H2,1H3. The second kappa shape index (κ2) is 7.01. The van der Waals surface area contributed by atoms with E-state index in [2.05, 4.69) is 20.3 Å². The van der Waals surface area contributed by atoms with Crippen LogP contribution in [0.1, 0.15) is 16.8 Å². The molecule has 2 heterocycles. The maximum absolute atomic E-state index is 9.31. The van der Waals surface area contributed by atoms with Crippen LogP contribution >= 0.6 is 0 Å². The molecule has 1 aromatic carbocycles. The molecule has 0 saturated heterocycles. The lowest BCUT2D eigenvalue weighted by Gasteiger charge is -2.05. The summed E-state index contributed by atoms with van der Waals surface area (Å²) < 4.78 is 1.67. The number of hydrogen-bond donors (Lipinski definition) is 2. The van der Waals surface area contributed by atoms with Gasteiger partial charge in [0.15, 0.2) is 0 Å². The quantitative estimate of drug-likeness (QED) is 0.704. The van der Waals surface area contributed by atoms with Crippen LogP contribution in [0.2, 0.25) is 0 Å². The summed E-state index contributed by atoms with van der Waals surface area (Å²) in [6, 6.07) is 11.2. The first-order valence-electron chi connectivity index (χ1n) is 7.50. The number of azo groups is 1. The molecule has 0 aliphatic carbocycles. The molecule has 3 aromatic rings. The van der Waals surface area contributed by atoms with E-state index >= 15 is 0 Å². The summed E-state index contributed by atoms with van der Waals surface area (Å²) in [5.41, 5.74) is 9.92. The Morgan fingerprint density at radius 1 is 1.17 bits per heavy atom. The van der Waals surface area contributed by atoms with E-state index in [1.165, 1.54) is 0 Å². The topological polar surface area (TPSA) is 102 Å². The smallest absolute Gasteiger partial charge is 0.150 e. The SMILES string of the molecule is Cc1cc(Cn2ncc(N=Nc3ccccc3CO)c2N)ccn1. The van der Waals surface area contributed by atoms with E-state index in [0.29, 0.717) is 29.3 Å². The zero-order valence-corrected chi connectivity index (χ0v) is 13.3. The second-order valence-corrected chi connectivity index (χ2v) is 5.36. The molecule has 0 spiro atoms. The summed E-state index contributed by atoms with van der Waals surface area (Å²) in [4.78, 5) is 4.17. The van der Waals surface area contributed by atoms with Crippen LogP contribution in [0.25, 0.3) is 0 Å². The lowest BCUT2D eigenvalue weighted by Crippen LogP contribution is -2.06. The zero-order valence-electron chi connectivity index (χ0n) is 13.3. The van der Waals surface area contributed by atoms with Crippen molar-refractivity contribution in [2.24, 2.45) is 10.2 Å². The highest BCUT2D eigenvalue weighted by Gasteiger charge is 2.08. The molecule has 0 fully saturated rings. The molecule has 0 saturated carbocycles. The minimum absolute atomic E-state index is 0.0919. The average Bonchev–Trinajstić information content (AvgIpc) is 2.93. The third-order valence-corrected chi connectivity index (χ3v) is 3.58. The van der Waals surface area contributed by atoms with Gasteiger partial charge < -0.3 is 10.8 Å². The number of benzene rings is 1. The summed E-state index contributed by atoms with van der Waals surface area (Å²) in [5, 5.41) is 21.9. The van der Waals surface area contributed by atoms with Crippen molar-refractivity contribution >= 4 is 17.2 Å². The number of hydrogen-bond acceptors (Lipinski definition) is 6. The molecule has 0 amide bonds. The molecule has 24 heavy (non-hydrogen) atoms. The highest BCUT2D eigenvalue weighted by Crippen LogP contribution is 2.26. The molecular formula is C17H18N6O. The van der Waals surface area contributed by atoms with Crippen molar-refractivity contribution in [1.29, 1.82) is 0 Å². The van der Waals surface area contributed by atoms with E-state index in [0.717, 1.165) is 11.3 Å². The van der Waals surface area contributed by atoms with E-state index in [9.17, 15) is 5.11 Å². The third kappa shape index (κ3) is 3.47. The average molecular weight is 322 g/mol. The second-order valence-electron chi connectivity index (χ2n) is 5.36. The van der Waals surface area contributed by atoms with Crippen molar-refractivity contribution in [3.8, 4) is 0 Å². The summed E-state index contributed by atoms with van der Waals surface area (Å²) in [7, 11) is 0. The number of aromatic nitrogens is 3. The summed E-state index contributed by atoms with van der Waals surface area (Å²) >= 11 is 0. The number of nitrogens with two attached hydrogens (primary N) is 1. The van der Waals surface area contributed by atoms with Crippen LogP contribution in [0.3, 0.4) is 0 Å². The monoisotopic (exact) mass is 322 g/mol. The molecular weight excluding hydrogens is 304 g/mol. The van der Waals surface area contributed by atoms with Gasteiger partial charge in [-0.2, -0.15) is 5.10 Å². The van der Waals surface area contributed by atoms with Gasteiger partial charge in [0, 0.05) is 17.5 Å². The van der Waals surface area contributed by atoms with Crippen molar-refractivity contribution in [3.05, 3.63) is 65.6 Å². The predicted molar refractivity (Wildman–Crippen MR) is 91.3 cm³/mol. The van der Waals surface area contributed by atoms with Gasteiger partial charge in [0.1, 0.15) is 11.5 Å². The Bertz CT molecular complexity index is 871. The van der Waals surface area contributed by atoms with Gasteiger partial charge in [-0.25, -0.2) is 4.68 Å². The lowest BCUT2D eigenvalue weighted by molar-refractivity contribution is 0.282. The third-order valence-electron chi connectivity index (χ3n) is 3.58. The van der Waals surface area contributed by atoms with Crippen LogP contribution in [0.4, 0.5) is 17.2 Å². The van der Waals surface area contributed by atoms with Gasteiger partial charge in [-0.3, -0.25) is 4.98 Å². The Morgan fingerprint density at radius 3 is 2.75 bits per heavy atom. The van der Waals surface area contributed by atoms with Gasteiger partial charge in [-0.15, -0.1) is 10.2 Å². The molecule has 122 valence electrons. The van der Waals surface area contributed by atoms with Crippen LogP contribution in [0.5, 0.6) is 0 Å². The van der Waals surface area contributed by atoms with E-state index in [4.69, 9.17) is 5.73 Å².